The number of pyridine rings is 1. The summed E-state index contributed by atoms with van der Waals surface area (Å²) in [5.41, 5.74) is 3.15. The van der Waals surface area contributed by atoms with Crippen LogP contribution in [0.15, 0.2) is 12.3 Å². The number of aryl methyl sites for hydroxylation is 1. The van der Waals surface area contributed by atoms with Gasteiger partial charge in [-0.05, 0) is 19.9 Å². The lowest BCUT2D eigenvalue weighted by atomic mass is 10.2. The molecule has 0 atom stereocenters. The SMILES string of the molecule is CCN(CC(F)(F)F)C(=O)c1cnc(C)cc1NN. The van der Waals surface area contributed by atoms with E-state index >= 15 is 0 Å². The first-order valence-electron chi connectivity index (χ1n) is 5.57. The Bertz CT molecular complexity index is 462. The van der Waals surface area contributed by atoms with E-state index in [9.17, 15) is 18.0 Å². The lowest BCUT2D eigenvalue weighted by molar-refractivity contribution is -0.140. The van der Waals surface area contributed by atoms with Crippen LogP contribution in [0.1, 0.15) is 23.0 Å². The van der Waals surface area contributed by atoms with Crippen molar-refractivity contribution in [1.82, 2.24) is 9.88 Å². The van der Waals surface area contributed by atoms with Gasteiger partial charge in [0.1, 0.15) is 6.54 Å². The summed E-state index contributed by atoms with van der Waals surface area (Å²) in [4.78, 5) is 16.6. The molecular formula is C11H15F3N4O. The first kappa shape index (κ1) is 15.2. The van der Waals surface area contributed by atoms with Gasteiger partial charge >= 0.3 is 6.18 Å². The molecule has 5 nitrogen and oxygen atoms in total. The summed E-state index contributed by atoms with van der Waals surface area (Å²) in [6.07, 6.45) is -3.23. The van der Waals surface area contributed by atoms with E-state index < -0.39 is 18.6 Å². The molecule has 19 heavy (non-hydrogen) atoms. The average Bonchev–Trinajstić information content (AvgIpc) is 2.33. The van der Waals surface area contributed by atoms with Crippen LogP contribution in [0.4, 0.5) is 18.9 Å². The number of amides is 1. The van der Waals surface area contributed by atoms with Crippen LogP contribution < -0.4 is 11.3 Å². The number of nitrogen functional groups attached to an aromatic ring is 1. The maximum Gasteiger partial charge on any atom is 0.406 e. The second kappa shape index (κ2) is 5.87. The van der Waals surface area contributed by atoms with Gasteiger partial charge in [0.15, 0.2) is 0 Å². The fourth-order valence-electron chi connectivity index (χ4n) is 1.56. The summed E-state index contributed by atoms with van der Waals surface area (Å²) in [5.74, 6) is 4.49. The van der Waals surface area contributed by atoms with E-state index in [1.807, 2.05) is 0 Å². The van der Waals surface area contributed by atoms with E-state index in [-0.39, 0.29) is 17.8 Å². The molecule has 0 aliphatic carbocycles. The van der Waals surface area contributed by atoms with Crippen LogP contribution in [-0.4, -0.2) is 35.1 Å². The van der Waals surface area contributed by atoms with Crippen molar-refractivity contribution >= 4 is 11.6 Å². The molecular weight excluding hydrogens is 261 g/mol. The van der Waals surface area contributed by atoms with Crippen LogP contribution in [0, 0.1) is 6.92 Å². The van der Waals surface area contributed by atoms with Crippen LogP contribution in [0.5, 0.6) is 0 Å². The zero-order valence-electron chi connectivity index (χ0n) is 10.6. The van der Waals surface area contributed by atoms with Crippen molar-refractivity contribution in [3.63, 3.8) is 0 Å². The Balaban J connectivity index is 3.04. The van der Waals surface area contributed by atoms with Gasteiger partial charge in [-0.15, -0.1) is 0 Å². The predicted octanol–water partition coefficient (Wildman–Crippen LogP) is 1.70. The van der Waals surface area contributed by atoms with Crippen molar-refractivity contribution in [3.05, 3.63) is 23.5 Å². The van der Waals surface area contributed by atoms with Gasteiger partial charge in [0, 0.05) is 18.4 Å². The molecule has 0 unspecified atom stereocenters. The maximum atomic E-state index is 12.4. The standard InChI is InChI=1S/C11H15F3N4O/c1-3-18(6-11(12,13)14)10(19)8-5-16-7(2)4-9(8)17-15/h4-5H,3,6,15H2,1-2H3,(H,16,17). The van der Waals surface area contributed by atoms with Gasteiger partial charge in [0.05, 0.1) is 11.3 Å². The first-order valence-corrected chi connectivity index (χ1v) is 5.57. The van der Waals surface area contributed by atoms with Crippen molar-refractivity contribution in [2.75, 3.05) is 18.5 Å². The van der Waals surface area contributed by atoms with Crippen molar-refractivity contribution in [2.45, 2.75) is 20.0 Å². The van der Waals surface area contributed by atoms with Gasteiger partial charge in [-0.1, -0.05) is 0 Å². The third-order valence-electron chi connectivity index (χ3n) is 2.47. The Kier molecular flexibility index (Phi) is 4.71. The minimum atomic E-state index is -4.44. The molecule has 0 radical (unpaired) electrons. The lowest BCUT2D eigenvalue weighted by Gasteiger charge is -2.23. The Morgan fingerprint density at radius 1 is 1.53 bits per heavy atom. The topological polar surface area (TPSA) is 71.2 Å². The molecule has 1 amide bonds. The fraction of sp³-hybridized carbons (Fsp3) is 0.455. The molecule has 0 fully saturated rings. The van der Waals surface area contributed by atoms with Gasteiger partial charge in [-0.3, -0.25) is 15.6 Å². The lowest BCUT2D eigenvalue weighted by Crippen LogP contribution is -2.39. The number of anilines is 1. The molecule has 0 saturated heterocycles. The summed E-state index contributed by atoms with van der Waals surface area (Å²) in [5, 5.41) is 0. The summed E-state index contributed by atoms with van der Waals surface area (Å²) in [7, 11) is 0. The number of nitrogens with zero attached hydrogens (tertiary/aromatic N) is 2. The molecule has 0 spiro atoms. The number of hydrazine groups is 1. The van der Waals surface area contributed by atoms with Crippen LogP contribution >= 0.6 is 0 Å². The molecule has 106 valence electrons. The molecule has 1 aromatic rings. The highest BCUT2D eigenvalue weighted by Crippen LogP contribution is 2.21. The highest BCUT2D eigenvalue weighted by Gasteiger charge is 2.33. The first-order chi connectivity index (χ1) is 8.78. The third-order valence-corrected chi connectivity index (χ3v) is 2.47. The van der Waals surface area contributed by atoms with Gasteiger partial charge in [-0.25, -0.2) is 0 Å². The summed E-state index contributed by atoms with van der Waals surface area (Å²) < 4.78 is 37.1. The van der Waals surface area contributed by atoms with E-state index in [1.165, 1.54) is 19.2 Å². The normalized spacial score (nSPS) is 11.3. The number of halogens is 3. The molecule has 8 heteroatoms. The van der Waals surface area contributed by atoms with Crippen molar-refractivity contribution in [3.8, 4) is 0 Å². The zero-order valence-corrected chi connectivity index (χ0v) is 10.6. The number of rotatable bonds is 4. The number of hydrogen-bond donors (Lipinski definition) is 2. The minimum absolute atomic E-state index is 0.0131. The van der Waals surface area contributed by atoms with Gasteiger partial charge in [0.25, 0.3) is 5.91 Å². The van der Waals surface area contributed by atoms with E-state index in [4.69, 9.17) is 5.84 Å². The molecule has 1 rings (SSSR count). The number of carbonyl (C=O) groups excluding carboxylic acids is 1. The summed E-state index contributed by atoms with van der Waals surface area (Å²) in [6.45, 7) is 1.79. The number of hydrogen-bond acceptors (Lipinski definition) is 4. The van der Waals surface area contributed by atoms with Gasteiger partial charge in [0.2, 0.25) is 0 Å². The molecule has 0 aromatic carbocycles. The van der Waals surface area contributed by atoms with Gasteiger partial charge in [-0.2, -0.15) is 13.2 Å². The smallest absolute Gasteiger partial charge is 0.330 e. The Hall–Kier alpha value is -1.83. The van der Waals surface area contributed by atoms with Gasteiger partial charge < -0.3 is 10.3 Å². The largest absolute Gasteiger partial charge is 0.406 e. The monoisotopic (exact) mass is 276 g/mol. The molecule has 0 saturated carbocycles. The van der Waals surface area contributed by atoms with Crippen LogP contribution in [0.3, 0.4) is 0 Å². The minimum Gasteiger partial charge on any atom is -0.330 e. The third kappa shape index (κ3) is 4.09. The quantitative estimate of drug-likeness (QED) is 0.648. The Morgan fingerprint density at radius 2 is 2.16 bits per heavy atom. The highest BCUT2D eigenvalue weighted by atomic mass is 19.4. The Morgan fingerprint density at radius 3 is 2.63 bits per heavy atom. The molecule has 0 aliphatic rings. The number of aromatic nitrogens is 1. The Labute approximate surface area is 108 Å². The maximum absolute atomic E-state index is 12.4. The van der Waals surface area contributed by atoms with E-state index in [1.54, 1.807) is 6.92 Å². The van der Waals surface area contributed by atoms with Crippen LogP contribution in [0.2, 0.25) is 0 Å². The fourth-order valence-corrected chi connectivity index (χ4v) is 1.56. The number of nitrogens with two attached hydrogens (primary N) is 1. The van der Waals surface area contributed by atoms with Crippen molar-refractivity contribution in [2.24, 2.45) is 5.84 Å². The highest BCUT2D eigenvalue weighted by molar-refractivity contribution is 5.99. The van der Waals surface area contributed by atoms with Crippen LogP contribution in [0.25, 0.3) is 0 Å². The molecule has 0 aliphatic heterocycles. The summed E-state index contributed by atoms with van der Waals surface area (Å²) >= 11 is 0. The van der Waals surface area contributed by atoms with E-state index in [0.29, 0.717) is 10.6 Å². The van der Waals surface area contributed by atoms with Crippen molar-refractivity contribution < 1.29 is 18.0 Å². The molecule has 1 heterocycles. The zero-order chi connectivity index (χ0) is 14.6. The number of nitrogens with one attached hydrogen (secondary N) is 1. The average molecular weight is 276 g/mol. The molecule has 0 bridgehead atoms. The van der Waals surface area contributed by atoms with E-state index in [0.717, 1.165) is 0 Å². The van der Waals surface area contributed by atoms with E-state index in [2.05, 4.69) is 10.4 Å². The summed E-state index contributed by atoms with van der Waals surface area (Å²) in [6, 6.07) is 1.49. The molecule has 3 N–H and O–H groups in total. The van der Waals surface area contributed by atoms with Crippen molar-refractivity contribution in [1.29, 1.82) is 0 Å². The predicted molar refractivity (Wildman–Crippen MR) is 64.4 cm³/mol. The second-order valence-electron chi connectivity index (χ2n) is 3.95. The number of alkyl halides is 3. The number of carbonyl (C=O) groups is 1. The molecule has 1 aromatic heterocycles. The van der Waals surface area contributed by atoms with Crippen LogP contribution in [-0.2, 0) is 0 Å². The second-order valence-corrected chi connectivity index (χ2v) is 3.95.